The number of halogens is 1. The van der Waals surface area contributed by atoms with Gasteiger partial charge in [0.25, 0.3) is 11.1 Å². The normalized spacial score (nSPS) is 15.6. The second-order valence-corrected chi connectivity index (χ2v) is 6.49. The van der Waals surface area contributed by atoms with E-state index < -0.39 is 17.0 Å². The van der Waals surface area contributed by atoms with Crippen molar-refractivity contribution in [2.45, 2.75) is 6.54 Å². The zero-order chi connectivity index (χ0) is 18.5. The predicted molar refractivity (Wildman–Crippen MR) is 100 cm³/mol. The number of imide groups is 1. The van der Waals surface area contributed by atoms with E-state index in [1.807, 2.05) is 12.1 Å². The number of amides is 2. The Labute approximate surface area is 155 Å². The first-order valence-electron chi connectivity index (χ1n) is 7.91. The lowest BCUT2D eigenvalue weighted by molar-refractivity contribution is -0.123. The Morgan fingerprint density at radius 1 is 1.12 bits per heavy atom. The number of nitrogens with zero attached hydrogens (tertiary/aromatic N) is 1. The molecule has 3 rings (SSSR count). The molecule has 1 saturated heterocycles. The number of ether oxygens (including phenoxy) is 1. The summed E-state index contributed by atoms with van der Waals surface area (Å²) in [5.74, 6) is -0.297. The van der Waals surface area contributed by atoms with Crippen molar-refractivity contribution in [3.8, 4) is 5.75 Å². The number of hydrogen-bond acceptors (Lipinski definition) is 4. The molecule has 4 nitrogen and oxygen atoms in total. The van der Waals surface area contributed by atoms with Crippen molar-refractivity contribution in [2.24, 2.45) is 0 Å². The summed E-state index contributed by atoms with van der Waals surface area (Å²) in [5.41, 5.74) is 0.983. The third-order valence-corrected chi connectivity index (χ3v) is 4.63. The highest BCUT2D eigenvalue weighted by Crippen LogP contribution is 2.35. The first-order chi connectivity index (χ1) is 12.6. The molecule has 0 bridgehead atoms. The molecule has 2 amide bonds. The van der Waals surface area contributed by atoms with Gasteiger partial charge in [-0.2, -0.15) is 0 Å². The van der Waals surface area contributed by atoms with Crippen molar-refractivity contribution in [3.63, 3.8) is 0 Å². The zero-order valence-corrected chi connectivity index (χ0v) is 14.7. The number of carbonyl (C=O) groups is 2. The lowest BCUT2D eigenvalue weighted by Crippen LogP contribution is -2.27. The molecule has 26 heavy (non-hydrogen) atoms. The predicted octanol–water partition coefficient (Wildman–Crippen LogP) is 4.63. The summed E-state index contributed by atoms with van der Waals surface area (Å²) in [5, 5.41) is -0.422. The maximum atomic E-state index is 13.8. The number of thioether (sulfide) groups is 1. The zero-order valence-electron chi connectivity index (χ0n) is 13.9. The molecular weight excluding hydrogens is 353 g/mol. The smallest absolute Gasteiger partial charge is 0.293 e. The Morgan fingerprint density at radius 2 is 1.85 bits per heavy atom. The Balaban J connectivity index is 1.84. The fourth-order valence-corrected chi connectivity index (χ4v) is 3.28. The van der Waals surface area contributed by atoms with Crippen molar-refractivity contribution >= 4 is 29.0 Å². The Kier molecular flexibility index (Phi) is 5.53. The van der Waals surface area contributed by atoms with Crippen LogP contribution in [0.2, 0.25) is 0 Å². The van der Waals surface area contributed by atoms with Gasteiger partial charge in [0.2, 0.25) is 0 Å². The maximum absolute atomic E-state index is 13.8. The van der Waals surface area contributed by atoms with Crippen LogP contribution in [-0.2, 0) is 11.3 Å². The van der Waals surface area contributed by atoms with Gasteiger partial charge in [-0.3, -0.25) is 14.5 Å². The molecule has 0 atom stereocenters. The average Bonchev–Trinajstić information content (AvgIpc) is 2.90. The lowest BCUT2D eigenvalue weighted by Gasteiger charge is -2.13. The van der Waals surface area contributed by atoms with E-state index in [1.54, 1.807) is 42.5 Å². The monoisotopic (exact) mass is 369 g/mol. The fourth-order valence-electron chi connectivity index (χ4n) is 2.45. The molecular formula is C20H16FNO3S. The van der Waals surface area contributed by atoms with Gasteiger partial charge < -0.3 is 4.74 Å². The minimum atomic E-state index is -0.446. The molecule has 0 N–H and O–H groups in total. The quantitative estimate of drug-likeness (QED) is 0.550. The molecule has 1 aliphatic rings. The molecule has 2 aromatic carbocycles. The Hall–Kier alpha value is -2.86. The van der Waals surface area contributed by atoms with Crippen molar-refractivity contribution in [1.82, 2.24) is 4.90 Å². The van der Waals surface area contributed by atoms with Crippen molar-refractivity contribution < 1.29 is 18.7 Å². The van der Waals surface area contributed by atoms with E-state index in [4.69, 9.17) is 4.74 Å². The van der Waals surface area contributed by atoms with E-state index >= 15 is 0 Å². The summed E-state index contributed by atoms with van der Waals surface area (Å²) in [6.45, 7) is 3.85. The van der Waals surface area contributed by atoms with E-state index in [-0.39, 0.29) is 11.4 Å². The molecule has 1 aliphatic heterocycles. The van der Waals surface area contributed by atoms with Crippen LogP contribution in [0.4, 0.5) is 9.18 Å². The van der Waals surface area contributed by atoms with E-state index in [1.165, 1.54) is 6.07 Å². The standard InChI is InChI=1S/C20H16FNO3S/c1-2-11-25-17-10-6-4-7-14(17)12-18-19(23)22(20(24)26-18)13-15-8-3-5-9-16(15)21/h2-10,12H,1,11,13H2/b18-12-. The van der Waals surface area contributed by atoms with Gasteiger partial charge >= 0.3 is 0 Å². The first-order valence-corrected chi connectivity index (χ1v) is 8.73. The van der Waals surface area contributed by atoms with Gasteiger partial charge in [-0.15, -0.1) is 0 Å². The van der Waals surface area contributed by atoms with Crippen LogP contribution in [0.1, 0.15) is 11.1 Å². The van der Waals surface area contributed by atoms with Crippen LogP contribution in [0, 0.1) is 5.82 Å². The van der Waals surface area contributed by atoms with Crippen LogP contribution in [0.5, 0.6) is 5.75 Å². The molecule has 0 spiro atoms. The topological polar surface area (TPSA) is 46.6 Å². The Morgan fingerprint density at radius 3 is 2.62 bits per heavy atom. The first kappa shape index (κ1) is 17.9. The van der Waals surface area contributed by atoms with Gasteiger partial charge in [0.05, 0.1) is 11.4 Å². The van der Waals surface area contributed by atoms with Crippen molar-refractivity contribution in [3.05, 3.63) is 83.0 Å². The SMILES string of the molecule is C=CCOc1ccccc1/C=C1\SC(=O)N(Cc2ccccc2F)C1=O. The molecule has 132 valence electrons. The molecule has 0 saturated carbocycles. The van der Waals surface area contributed by atoms with Crippen molar-refractivity contribution in [1.29, 1.82) is 0 Å². The van der Waals surface area contributed by atoms with E-state index in [0.717, 1.165) is 16.7 Å². The highest BCUT2D eigenvalue weighted by Gasteiger charge is 2.35. The third-order valence-electron chi connectivity index (χ3n) is 3.72. The molecule has 1 fully saturated rings. The van der Waals surface area contributed by atoms with Crippen LogP contribution in [-0.4, -0.2) is 22.7 Å². The molecule has 1 heterocycles. The van der Waals surface area contributed by atoms with Crippen LogP contribution in [0.3, 0.4) is 0 Å². The van der Waals surface area contributed by atoms with Gasteiger partial charge in [-0.1, -0.05) is 49.1 Å². The summed E-state index contributed by atoms with van der Waals surface area (Å²) in [6.07, 6.45) is 3.24. The summed E-state index contributed by atoms with van der Waals surface area (Å²) in [7, 11) is 0. The number of benzene rings is 2. The second kappa shape index (κ2) is 8.01. The van der Waals surface area contributed by atoms with Gasteiger partial charge in [0.1, 0.15) is 18.2 Å². The fraction of sp³-hybridized carbons (Fsp3) is 0.100. The molecule has 0 unspecified atom stereocenters. The summed E-state index contributed by atoms with van der Waals surface area (Å²) >= 11 is 0.835. The molecule has 2 aromatic rings. The number of hydrogen-bond donors (Lipinski definition) is 0. The molecule has 0 radical (unpaired) electrons. The van der Waals surface area contributed by atoms with E-state index in [2.05, 4.69) is 6.58 Å². The van der Waals surface area contributed by atoms with E-state index in [0.29, 0.717) is 23.5 Å². The van der Waals surface area contributed by atoms with Crippen LogP contribution >= 0.6 is 11.8 Å². The number of carbonyl (C=O) groups excluding carboxylic acids is 2. The van der Waals surface area contributed by atoms with Crippen molar-refractivity contribution in [2.75, 3.05) is 6.61 Å². The van der Waals surface area contributed by atoms with Crippen LogP contribution in [0.25, 0.3) is 6.08 Å². The maximum Gasteiger partial charge on any atom is 0.293 e. The largest absolute Gasteiger partial charge is 0.489 e. The lowest BCUT2D eigenvalue weighted by atomic mass is 10.1. The minimum absolute atomic E-state index is 0.0940. The summed E-state index contributed by atoms with van der Waals surface area (Å²) in [4.78, 5) is 26.1. The van der Waals surface area contributed by atoms with Gasteiger partial charge in [-0.25, -0.2) is 4.39 Å². The van der Waals surface area contributed by atoms with Gasteiger partial charge in [0, 0.05) is 11.1 Å². The highest BCUT2D eigenvalue weighted by molar-refractivity contribution is 8.18. The number of para-hydroxylation sites is 1. The van der Waals surface area contributed by atoms with Gasteiger partial charge in [-0.05, 0) is 30.0 Å². The van der Waals surface area contributed by atoms with E-state index in [9.17, 15) is 14.0 Å². The van der Waals surface area contributed by atoms with Crippen LogP contribution in [0.15, 0.2) is 66.1 Å². The summed E-state index contributed by atoms with van der Waals surface area (Å²) < 4.78 is 19.4. The number of rotatable bonds is 6. The molecule has 6 heteroatoms. The molecule has 0 aliphatic carbocycles. The average molecular weight is 369 g/mol. The van der Waals surface area contributed by atoms with Gasteiger partial charge in [0.15, 0.2) is 0 Å². The third kappa shape index (κ3) is 3.86. The minimum Gasteiger partial charge on any atom is -0.489 e. The summed E-state index contributed by atoms with van der Waals surface area (Å²) in [6, 6.07) is 13.3. The Bertz CT molecular complexity index is 894. The molecule has 0 aromatic heterocycles. The van der Waals surface area contributed by atoms with Crippen LogP contribution < -0.4 is 4.74 Å². The highest BCUT2D eigenvalue weighted by atomic mass is 32.2. The second-order valence-electron chi connectivity index (χ2n) is 5.50.